The van der Waals surface area contributed by atoms with Crippen LogP contribution in [0.5, 0.6) is 0 Å². The molecule has 1 saturated heterocycles. The first-order valence-electron chi connectivity index (χ1n) is 13.7. The van der Waals surface area contributed by atoms with Crippen molar-refractivity contribution in [2.75, 3.05) is 26.0 Å². The highest BCUT2D eigenvalue weighted by atomic mass is 19.1. The Hall–Kier alpha value is -4.00. The van der Waals surface area contributed by atoms with Crippen LogP contribution in [-0.2, 0) is 10.2 Å². The number of carbonyl (C=O) groups is 3. The largest absolute Gasteiger partial charge is 0.345 e. The first kappa shape index (κ1) is 29.0. The van der Waals surface area contributed by atoms with Crippen LogP contribution in [0.2, 0.25) is 0 Å². The zero-order valence-electron chi connectivity index (χ0n) is 24.1. The Morgan fingerprint density at radius 1 is 0.975 bits per heavy atom. The molecule has 3 aromatic carbocycles. The van der Waals surface area contributed by atoms with Gasteiger partial charge in [-0.2, -0.15) is 0 Å². The van der Waals surface area contributed by atoms with Gasteiger partial charge in [0.25, 0.3) is 11.8 Å². The van der Waals surface area contributed by atoms with E-state index in [9.17, 15) is 18.8 Å². The number of nitrogens with one attached hydrogen (secondary N) is 1. The minimum absolute atomic E-state index is 0.0193. The van der Waals surface area contributed by atoms with Gasteiger partial charge in [-0.05, 0) is 72.2 Å². The van der Waals surface area contributed by atoms with Gasteiger partial charge >= 0.3 is 0 Å². The summed E-state index contributed by atoms with van der Waals surface area (Å²) in [5, 5.41) is 3.08. The van der Waals surface area contributed by atoms with Crippen molar-refractivity contribution >= 4 is 23.4 Å². The van der Waals surface area contributed by atoms with Crippen molar-refractivity contribution in [3.63, 3.8) is 0 Å². The van der Waals surface area contributed by atoms with Crippen LogP contribution in [0.1, 0.15) is 77.1 Å². The molecule has 1 fully saturated rings. The van der Waals surface area contributed by atoms with Gasteiger partial charge < -0.3 is 15.1 Å². The Morgan fingerprint density at radius 3 is 2.27 bits per heavy atom. The van der Waals surface area contributed by atoms with Gasteiger partial charge in [0, 0.05) is 31.9 Å². The molecule has 0 radical (unpaired) electrons. The summed E-state index contributed by atoms with van der Waals surface area (Å²) >= 11 is 0. The van der Waals surface area contributed by atoms with E-state index in [2.05, 4.69) is 26.1 Å². The van der Waals surface area contributed by atoms with E-state index in [1.54, 1.807) is 62.3 Å². The number of likely N-dealkylation sites (tertiary alicyclic amines) is 1. The highest BCUT2D eigenvalue weighted by Crippen LogP contribution is 2.39. The molecule has 0 bridgehead atoms. The van der Waals surface area contributed by atoms with Gasteiger partial charge in [-0.1, -0.05) is 57.2 Å². The molecular formula is C33H38FN3O3. The molecule has 0 aliphatic carbocycles. The van der Waals surface area contributed by atoms with Crippen molar-refractivity contribution in [3.8, 4) is 0 Å². The fourth-order valence-electron chi connectivity index (χ4n) is 5.34. The standard InChI is InChI=1S/C33H38FN3O3/c1-21-10-7-14-27(34)28(21)32(40)37-19-9-13-26(29(37)22-15-17-23(18-16-22)31(39)36(5)6)30(38)35-25-12-8-11-24(20-25)33(2,3)4/h7-8,10-12,14-18,20,26,29H,9,13,19H2,1-6H3,(H,35,38)/t26?,29-/m0/s1. The lowest BCUT2D eigenvalue weighted by Crippen LogP contribution is -2.46. The minimum Gasteiger partial charge on any atom is -0.345 e. The molecule has 1 aliphatic rings. The predicted octanol–water partition coefficient (Wildman–Crippen LogP) is 6.37. The topological polar surface area (TPSA) is 69.7 Å². The quantitative estimate of drug-likeness (QED) is 0.407. The zero-order chi connectivity index (χ0) is 29.2. The molecule has 0 aromatic heterocycles. The van der Waals surface area contributed by atoms with E-state index in [4.69, 9.17) is 0 Å². The van der Waals surface area contributed by atoms with Crippen LogP contribution in [0, 0.1) is 18.7 Å². The van der Waals surface area contributed by atoms with Crippen molar-refractivity contribution in [2.45, 2.75) is 52.0 Å². The van der Waals surface area contributed by atoms with Gasteiger partial charge in [-0.3, -0.25) is 14.4 Å². The second-order valence-electron chi connectivity index (χ2n) is 11.8. The first-order chi connectivity index (χ1) is 18.9. The minimum atomic E-state index is -0.630. The average Bonchev–Trinajstić information content (AvgIpc) is 2.91. The Bertz CT molecular complexity index is 1390. The molecule has 2 atom stereocenters. The van der Waals surface area contributed by atoms with Crippen molar-refractivity contribution in [1.82, 2.24) is 9.80 Å². The number of anilines is 1. The number of rotatable bonds is 5. The Morgan fingerprint density at radius 2 is 1.65 bits per heavy atom. The summed E-state index contributed by atoms with van der Waals surface area (Å²) in [5.41, 5.74) is 3.50. The molecule has 6 nitrogen and oxygen atoms in total. The van der Waals surface area contributed by atoms with E-state index >= 15 is 0 Å². The van der Waals surface area contributed by atoms with E-state index < -0.39 is 23.7 Å². The molecule has 1 N–H and O–H groups in total. The van der Waals surface area contributed by atoms with Crippen LogP contribution in [0.25, 0.3) is 0 Å². The highest BCUT2D eigenvalue weighted by Gasteiger charge is 2.40. The van der Waals surface area contributed by atoms with Crippen molar-refractivity contribution < 1.29 is 18.8 Å². The monoisotopic (exact) mass is 543 g/mol. The van der Waals surface area contributed by atoms with Gasteiger partial charge in [0.15, 0.2) is 0 Å². The lowest BCUT2D eigenvalue weighted by Gasteiger charge is -2.41. The van der Waals surface area contributed by atoms with Gasteiger partial charge in [0.2, 0.25) is 5.91 Å². The maximum absolute atomic E-state index is 14.9. The number of benzene rings is 3. The highest BCUT2D eigenvalue weighted by molar-refractivity contribution is 5.98. The Labute approximate surface area is 236 Å². The average molecular weight is 544 g/mol. The van der Waals surface area contributed by atoms with Crippen molar-refractivity contribution in [1.29, 1.82) is 0 Å². The molecule has 40 heavy (non-hydrogen) atoms. The summed E-state index contributed by atoms with van der Waals surface area (Å²) in [6.07, 6.45) is 1.17. The predicted molar refractivity (Wildman–Crippen MR) is 156 cm³/mol. The lowest BCUT2D eigenvalue weighted by molar-refractivity contribution is -0.123. The second kappa shape index (κ2) is 11.6. The Kier molecular flexibility index (Phi) is 8.43. The van der Waals surface area contributed by atoms with Crippen LogP contribution in [0.3, 0.4) is 0 Å². The molecule has 1 unspecified atom stereocenters. The second-order valence-corrected chi connectivity index (χ2v) is 11.8. The maximum atomic E-state index is 14.9. The smallest absolute Gasteiger partial charge is 0.257 e. The number of piperidine rings is 1. The normalized spacial score (nSPS) is 17.3. The number of hydrogen-bond donors (Lipinski definition) is 1. The number of carbonyl (C=O) groups excluding carboxylic acids is 3. The van der Waals surface area contributed by atoms with Crippen LogP contribution in [-0.4, -0.2) is 48.2 Å². The van der Waals surface area contributed by atoms with Crippen LogP contribution >= 0.6 is 0 Å². The summed E-state index contributed by atoms with van der Waals surface area (Å²) in [4.78, 5) is 43.3. The molecule has 210 valence electrons. The fraction of sp³-hybridized carbons (Fsp3) is 0.364. The van der Waals surface area contributed by atoms with Crippen LogP contribution in [0.15, 0.2) is 66.7 Å². The van der Waals surface area contributed by atoms with E-state index in [1.165, 1.54) is 11.0 Å². The number of halogens is 1. The third-order valence-electron chi connectivity index (χ3n) is 7.57. The van der Waals surface area contributed by atoms with Crippen LogP contribution < -0.4 is 5.32 Å². The summed E-state index contributed by atoms with van der Waals surface area (Å²) in [5.74, 6) is -1.94. The van der Waals surface area contributed by atoms with E-state index in [1.807, 2.05) is 24.3 Å². The third kappa shape index (κ3) is 6.09. The molecule has 0 saturated carbocycles. The lowest BCUT2D eigenvalue weighted by atomic mass is 9.82. The SMILES string of the molecule is Cc1cccc(F)c1C(=O)N1CCCC(C(=O)Nc2cccc(C(C)(C)C)c2)[C@@H]1c1ccc(C(=O)N(C)C)cc1. The van der Waals surface area contributed by atoms with E-state index in [0.29, 0.717) is 36.2 Å². The van der Waals surface area contributed by atoms with Crippen LogP contribution in [0.4, 0.5) is 10.1 Å². The number of amides is 3. The number of nitrogens with zero attached hydrogens (tertiary/aromatic N) is 2. The molecule has 7 heteroatoms. The molecule has 3 amide bonds. The van der Waals surface area contributed by atoms with E-state index in [0.717, 1.165) is 11.1 Å². The summed E-state index contributed by atoms with van der Waals surface area (Å²) < 4.78 is 14.9. The maximum Gasteiger partial charge on any atom is 0.257 e. The number of hydrogen-bond acceptors (Lipinski definition) is 3. The summed E-state index contributed by atoms with van der Waals surface area (Å²) in [6.45, 7) is 8.44. The van der Waals surface area contributed by atoms with Gasteiger partial charge in [0.1, 0.15) is 5.82 Å². The van der Waals surface area contributed by atoms with Gasteiger partial charge in [-0.25, -0.2) is 4.39 Å². The molecule has 0 spiro atoms. The summed E-state index contributed by atoms with van der Waals surface area (Å²) in [7, 11) is 3.37. The first-order valence-corrected chi connectivity index (χ1v) is 13.7. The number of aryl methyl sites for hydroxylation is 1. The molecule has 4 rings (SSSR count). The molecule has 1 aliphatic heterocycles. The summed E-state index contributed by atoms with van der Waals surface area (Å²) in [6, 6.07) is 18.8. The molecule has 1 heterocycles. The molecule has 3 aromatic rings. The van der Waals surface area contributed by atoms with Gasteiger partial charge in [-0.15, -0.1) is 0 Å². The fourth-order valence-corrected chi connectivity index (χ4v) is 5.34. The zero-order valence-corrected chi connectivity index (χ0v) is 24.1. The third-order valence-corrected chi connectivity index (χ3v) is 7.57. The van der Waals surface area contributed by atoms with E-state index in [-0.39, 0.29) is 22.8 Å². The van der Waals surface area contributed by atoms with Crippen molar-refractivity contribution in [3.05, 3.63) is 100 Å². The Balaban J connectivity index is 1.73. The van der Waals surface area contributed by atoms with Gasteiger partial charge in [0.05, 0.1) is 17.5 Å². The van der Waals surface area contributed by atoms with Crippen molar-refractivity contribution in [2.24, 2.45) is 5.92 Å². The molecular weight excluding hydrogens is 505 g/mol.